The van der Waals surface area contributed by atoms with Crippen molar-refractivity contribution in [2.24, 2.45) is 0 Å². The summed E-state index contributed by atoms with van der Waals surface area (Å²) in [6, 6.07) is 1.26. The molecular weight excluding hydrogens is 525 g/mol. The van der Waals surface area contributed by atoms with E-state index in [1.807, 2.05) is 5.32 Å². The molecule has 0 fully saturated rings. The van der Waals surface area contributed by atoms with Crippen LogP contribution in [0.25, 0.3) is 0 Å². The third kappa shape index (κ3) is 5.44. The Hall–Kier alpha value is -3.14. The average Bonchev–Trinajstić information content (AvgIpc) is 2.65. The number of nitro benzene ring substituents is 2. The summed E-state index contributed by atoms with van der Waals surface area (Å²) in [5.41, 5.74) is -6.70. The molecule has 2 aromatic carbocycles. The summed E-state index contributed by atoms with van der Waals surface area (Å²) in [6.07, 6.45) is -17.2. The predicted octanol–water partition coefficient (Wildman–Crippen LogP) is 7.11. The van der Waals surface area contributed by atoms with Gasteiger partial charge in [-0.1, -0.05) is 23.2 Å². The molecule has 0 saturated carbocycles. The molecule has 0 heterocycles. The highest BCUT2D eigenvalue weighted by Gasteiger charge is 2.61. The standard InChI is InChI=1S/C15H5Cl2F8N3O5/c16-6-1-2-7(10(17)12(6)33-15(24,25)14(21,22)23)26-11-8(27(29)30)3-5(13(18,19)20)4-9(11)28(31)32/h1-4,26H. The van der Waals surface area contributed by atoms with Gasteiger partial charge in [0.05, 0.1) is 26.1 Å². The molecule has 0 spiro atoms. The van der Waals surface area contributed by atoms with Crippen LogP contribution in [0.4, 0.5) is 57.9 Å². The minimum absolute atomic E-state index is 0.0611. The number of anilines is 2. The first-order chi connectivity index (χ1) is 14.9. The van der Waals surface area contributed by atoms with Crippen LogP contribution in [0.2, 0.25) is 10.0 Å². The molecule has 0 radical (unpaired) electrons. The van der Waals surface area contributed by atoms with Crippen molar-refractivity contribution in [3.8, 4) is 5.75 Å². The molecule has 8 nitrogen and oxygen atoms in total. The van der Waals surface area contributed by atoms with E-state index in [0.29, 0.717) is 6.07 Å². The Bertz CT molecular complexity index is 1090. The molecule has 0 atom stereocenters. The number of benzene rings is 2. The van der Waals surface area contributed by atoms with Gasteiger partial charge in [-0.3, -0.25) is 20.2 Å². The lowest BCUT2D eigenvalue weighted by molar-refractivity contribution is -0.392. The average molecular weight is 530 g/mol. The molecule has 2 rings (SSSR count). The van der Waals surface area contributed by atoms with Crippen molar-refractivity contribution in [3.63, 3.8) is 0 Å². The van der Waals surface area contributed by atoms with Gasteiger partial charge in [0.2, 0.25) is 0 Å². The van der Waals surface area contributed by atoms with Crippen molar-refractivity contribution >= 4 is 46.0 Å². The van der Waals surface area contributed by atoms with Gasteiger partial charge in [0, 0.05) is 12.1 Å². The molecule has 0 amide bonds. The van der Waals surface area contributed by atoms with Gasteiger partial charge >= 0.3 is 18.5 Å². The number of halogens is 10. The lowest BCUT2D eigenvalue weighted by atomic mass is 10.1. The number of rotatable bonds is 6. The Morgan fingerprint density at radius 1 is 0.879 bits per heavy atom. The van der Waals surface area contributed by atoms with Crippen LogP contribution in [0.1, 0.15) is 5.56 Å². The smallest absolute Gasteiger partial charge is 0.422 e. The molecule has 0 aliphatic heterocycles. The quantitative estimate of drug-likeness (QED) is 0.243. The largest absolute Gasteiger partial charge is 0.499 e. The highest BCUT2D eigenvalue weighted by Crippen LogP contribution is 2.48. The Balaban J connectivity index is 2.69. The van der Waals surface area contributed by atoms with Crippen molar-refractivity contribution in [1.29, 1.82) is 0 Å². The zero-order valence-electron chi connectivity index (χ0n) is 15.0. The predicted molar refractivity (Wildman–Crippen MR) is 96.1 cm³/mol. The van der Waals surface area contributed by atoms with Crippen LogP contribution < -0.4 is 10.1 Å². The maximum atomic E-state index is 13.3. The molecule has 0 bridgehead atoms. The first kappa shape index (κ1) is 26.1. The minimum atomic E-state index is -6.21. The van der Waals surface area contributed by atoms with E-state index in [4.69, 9.17) is 23.2 Å². The van der Waals surface area contributed by atoms with E-state index < -0.39 is 72.4 Å². The molecule has 0 aliphatic carbocycles. The number of alkyl halides is 8. The monoisotopic (exact) mass is 529 g/mol. The molecule has 0 unspecified atom stereocenters. The summed E-state index contributed by atoms with van der Waals surface area (Å²) in [5.74, 6) is -1.47. The van der Waals surface area contributed by atoms with Crippen molar-refractivity contribution in [2.45, 2.75) is 18.5 Å². The molecule has 1 N–H and O–H groups in total. The van der Waals surface area contributed by atoms with E-state index >= 15 is 0 Å². The van der Waals surface area contributed by atoms with E-state index in [2.05, 4.69) is 4.74 Å². The number of nitrogens with zero attached hydrogens (tertiary/aromatic N) is 2. The topological polar surface area (TPSA) is 108 Å². The number of ether oxygens (including phenoxy) is 1. The summed E-state index contributed by atoms with van der Waals surface area (Å²) >= 11 is 11.2. The number of nitro groups is 2. The molecule has 2 aromatic rings. The summed E-state index contributed by atoms with van der Waals surface area (Å²) in [5, 5.41) is 22.4. The van der Waals surface area contributed by atoms with Gasteiger partial charge < -0.3 is 10.1 Å². The Labute approximate surface area is 185 Å². The molecular formula is C15H5Cl2F8N3O5. The first-order valence-corrected chi connectivity index (χ1v) is 8.55. The lowest BCUT2D eigenvalue weighted by Crippen LogP contribution is -2.42. The van der Waals surface area contributed by atoms with Gasteiger partial charge in [-0.15, -0.1) is 0 Å². The summed E-state index contributed by atoms with van der Waals surface area (Å²) in [7, 11) is 0. The maximum absolute atomic E-state index is 13.3. The van der Waals surface area contributed by atoms with E-state index in [9.17, 15) is 55.4 Å². The van der Waals surface area contributed by atoms with Gasteiger partial charge in [0.15, 0.2) is 11.4 Å². The molecule has 0 aromatic heterocycles. The summed E-state index contributed by atoms with van der Waals surface area (Å²) < 4.78 is 106. The van der Waals surface area contributed by atoms with Crippen LogP contribution in [0.3, 0.4) is 0 Å². The maximum Gasteiger partial charge on any atom is 0.499 e. The van der Waals surface area contributed by atoms with Crippen molar-refractivity contribution < 1.29 is 49.7 Å². The Morgan fingerprint density at radius 3 is 1.76 bits per heavy atom. The molecule has 0 saturated heterocycles. The molecule has 33 heavy (non-hydrogen) atoms. The van der Waals surface area contributed by atoms with E-state index in [1.165, 1.54) is 0 Å². The van der Waals surface area contributed by atoms with Crippen molar-refractivity contribution in [3.05, 3.63) is 60.1 Å². The second-order valence-corrected chi connectivity index (χ2v) is 6.67. The fourth-order valence-electron chi connectivity index (χ4n) is 2.23. The fraction of sp³-hybridized carbons (Fsp3) is 0.200. The Kier molecular flexibility index (Phi) is 6.85. The summed E-state index contributed by atoms with van der Waals surface area (Å²) in [6.45, 7) is 0. The number of hydrogen-bond acceptors (Lipinski definition) is 6. The van der Waals surface area contributed by atoms with Crippen molar-refractivity contribution in [1.82, 2.24) is 0 Å². The zero-order valence-corrected chi connectivity index (χ0v) is 16.5. The number of nitrogens with one attached hydrogen (secondary N) is 1. The van der Waals surface area contributed by atoms with Gasteiger partial charge in [0.25, 0.3) is 11.4 Å². The van der Waals surface area contributed by atoms with Gasteiger partial charge in [-0.2, -0.15) is 35.1 Å². The third-order valence-corrected chi connectivity index (χ3v) is 4.36. The van der Waals surface area contributed by atoms with E-state index in [-0.39, 0.29) is 12.1 Å². The van der Waals surface area contributed by atoms with Crippen LogP contribution in [-0.4, -0.2) is 22.1 Å². The normalized spacial score (nSPS) is 12.4. The number of hydrogen-bond donors (Lipinski definition) is 1. The van der Waals surface area contributed by atoms with Crippen molar-refractivity contribution in [2.75, 3.05) is 5.32 Å². The minimum Gasteiger partial charge on any atom is -0.422 e. The third-order valence-electron chi connectivity index (χ3n) is 3.69. The lowest BCUT2D eigenvalue weighted by Gasteiger charge is -2.22. The summed E-state index contributed by atoms with van der Waals surface area (Å²) in [4.78, 5) is 19.6. The van der Waals surface area contributed by atoms with Gasteiger partial charge in [0.1, 0.15) is 5.02 Å². The second kappa shape index (κ2) is 8.66. The van der Waals surface area contributed by atoms with Gasteiger partial charge in [-0.25, -0.2) is 0 Å². The SMILES string of the molecule is O=[N+]([O-])c1cc(C(F)(F)F)cc([N+](=O)[O-])c1Nc1ccc(Cl)c(OC(F)(F)C(F)(F)F)c1Cl. The van der Waals surface area contributed by atoms with Crippen LogP contribution in [0.15, 0.2) is 24.3 Å². The van der Waals surface area contributed by atoms with Crippen LogP contribution in [0, 0.1) is 20.2 Å². The Morgan fingerprint density at radius 2 is 1.36 bits per heavy atom. The zero-order chi connectivity index (χ0) is 25.5. The van der Waals surface area contributed by atoms with E-state index in [1.54, 1.807) is 0 Å². The molecule has 18 heteroatoms. The highest BCUT2D eigenvalue weighted by atomic mass is 35.5. The van der Waals surface area contributed by atoms with Crippen LogP contribution >= 0.6 is 23.2 Å². The van der Waals surface area contributed by atoms with Gasteiger partial charge in [-0.05, 0) is 12.1 Å². The molecule has 180 valence electrons. The fourth-order valence-corrected chi connectivity index (χ4v) is 2.73. The molecule has 0 aliphatic rings. The first-order valence-electron chi connectivity index (χ1n) is 7.79. The second-order valence-electron chi connectivity index (χ2n) is 5.88. The highest BCUT2D eigenvalue weighted by molar-refractivity contribution is 6.39. The van der Waals surface area contributed by atoms with E-state index in [0.717, 1.165) is 6.07 Å². The van der Waals surface area contributed by atoms with Crippen LogP contribution in [0.5, 0.6) is 5.75 Å². The van der Waals surface area contributed by atoms with Crippen LogP contribution in [-0.2, 0) is 6.18 Å².